The predicted octanol–water partition coefficient (Wildman–Crippen LogP) is 6.34. The smallest absolute Gasteiger partial charge is 0.301 e. The molecule has 0 bridgehead atoms. The normalized spacial score (nSPS) is 19.9. The summed E-state index contributed by atoms with van der Waals surface area (Å²) < 4.78 is 12.6. The first kappa shape index (κ1) is 25.1. The second-order valence-electron chi connectivity index (χ2n) is 10.0. The lowest BCUT2D eigenvalue weighted by Crippen LogP contribution is -2.29. The average molecular weight is 541 g/mol. The zero-order valence-electron chi connectivity index (χ0n) is 21.9. The van der Waals surface area contributed by atoms with Gasteiger partial charge in [-0.2, -0.15) is 0 Å². The van der Waals surface area contributed by atoms with Crippen molar-refractivity contribution in [2.45, 2.75) is 45.8 Å². The Kier molecular flexibility index (Phi) is 6.35. The zero-order valence-corrected chi connectivity index (χ0v) is 22.7. The molecule has 1 saturated heterocycles. The third-order valence-corrected chi connectivity index (χ3v) is 8.02. The maximum absolute atomic E-state index is 13.6. The van der Waals surface area contributed by atoms with Crippen molar-refractivity contribution in [1.29, 1.82) is 0 Å². The lowest BCUT2D eigenvalue weighted by atomic mass is 9.94. The maximum Gasteiger partial charge on any atom is 0.301 e. The van der Waals surface area contributed by atoms with Gasteiger partial charge in [0.2, 0.25) is 0 Å². The Labute approximate surface area is 230 Å². The van der Waals surface area contributed by atoms with Crippen LogP contribution < -0.4 is 14.4 Å². The molecule has 2 aliphatic rings. The van der Waals surface area contributed by atoms with Gasteiger partial charge in [-0.25, -0.2) is 4.98 Å². The highest BCUT2D eigenvalue weighted by molar-refractivity contribution is 7.22. The number of hydrogen-bond donors (Lipinski definition) is 1. The standard InChI is InChI=1S/C31H28N2O5S/c1-4-12-37-22-7-5-6-19(16-22)27-26(28(34)20-9-11-24-21(15-20)14-18(3)38-24)29(35)30(36)33(27)31-32-23-10-8-17(2)13-25(23)39-31/h5-11,13,15-16,18,27,34H,4,12,14H2,1-3H3/b28-26+/t18-,27+/m1/s1. The van der Waals surface area contributed by atoms with E-state index in [9.17, 15) is 14.7 Å². The number of aliphatic hydroxyl groups is 1. The van der Waals surface area contributed by atoms with Gasteiger partial charge in [-0.3, -0.25) is 14.5 Å². The number of hydrogen-bond acceptors (Lipinski definition) is 7. The van der Waals surface area contributed by atoms with Crippen LogP contribution in [0.5, 0.6) is 11.5 Å². The van der Waals surface area contributed by atoms with E-state index in [4.69, 9.17) is 14.5 Å². The summed E-state index contributed by atoms with van der Waals surface area (Å²) in [5.74, 6) is -0.307. The van der Waals surface area contributed by atoms with Crippen molar-refractivity contribution in [2.75, 3.05) is 11.5 Å². The van der Waals surface area contributed by atoms with Gasteiger partial charge < -0.3 is 14.6 Å². The van der Waals surface area contributed by atoms with Crippen molar-refractivity contribution in [2.24, 2.45) is 0 Å². The number of ether oxygens (including phenoxy) is 2. The van der Waals surface area contributed by atoms with E-state index in [2.05, 4.69) is 0 Å². The van der Waals surface area contributed by atoms with E-state index in [1.54, 1.807) is 12.1 Å². The van der Waals surface area contributed by atoms with Gasteiger partial charge in [-0.05, 0) is 79.4 Å². The largest absolute Gasteiger partial charge is 0.507 e. The number of ketones is 1. The third-order valence-electron chi connectivity index (χ3n) is 7.00. The number of rotatable bonds is 6. The summed E-state index contributed by atoms with van der Waals surface area (Å²) in [5, 5.41) is 12.0. The fraction of sp³-hybridized carbons (Fsp3) is 0.258. The molecule has 7 nitrogen and oxygen atoms in total. The first-order valence-corrected chi connectivity index (χ1v) is 13.9. The number of aryl methyl sites for hydroxylation is 1. The SMILES string of the molecule is CCCOc1cccc([C@H]2/C(=C(\O)c3ccc4c(c3)C[C@@H](C)O4)C(=O)C(=O)N2c2nc3ccc(C)cc3s2)c1. The number of nitrogens with zero attached hydrogens (tertiary/aromatic N) is 2. The van der Waals surface area contributed by atoms with Crippen LogP contribution in [0.25, 0.3) is 16.0 Å². The molecule has 0 spiro atoms. The number of fused-ring (bicyclic) bond motifs is 2. The van der Waals surface area contributed by atoms with Crippen molar-refractivity contribution in [3.8, 4) is 11.5 Å². The van der Waals surface area contributed by atoms with Gasteiger partial charge in [-0.15, -0.1) is 0 Å². The number of aromatic nitrogens is 1. The minimum absolute atomic E-state index is 0.0231. The van der Waals surface area contributed by atoms with E-state index in [1.807, 2.05) is 69.3 Å². The molecule has 1 fully saturated rings. The topological polar surface area (TPSA) is 89.0 Å². The highest BCUT2D eigenvalue weighted by Gasteiger charge is 2.48. The number of thiazole rings is 1. The molecule has 1 aromatic heterocycles. The van der Waals surface area contributed by atoms with Gasteiger partial charge in [0.25, 0.3) is 5.78 Å². The first-order chi connectivity index (χ1) is 18.8. The van der Waals surface area contributed by atoms with Crippen LogP contribution in [0.1, 0.15) is 48.6 Å². The molecule has 0 radical (unpaired) electrons. The Morgan fingerprint density at radius 1 is 1.15 bits per heavy atom. The quantitative estimate of drug-likeness (QED) is 0.174. The van der Waals surface area contributed by atoms with E-state index in [1.165, 1.54) is 16.2 Å². The number of amides is 1. The Morgan fingerprint density at radius 3 is 2.82 bits per heavy atom. The molecule has 0 unspecified atom stereocenters. The van der Waals surface area contributed by atoms with E-state index >= 15 is 0 Å². The molecule has 1 amide bonds. The summed E-state index contributed by atoms with van der Waals surface area (Å²) in [7, 11) is 0. The second kappa shape index (κ2) is 9.85. The van der Waals surface area contributed by atoms with E-state index in [0.29, 0.717) is 35.0 Å². The molecule has 39 heavy (non-hydrogen) atoms. The molecule has 1 N–H and O–H groups in total. The van der Waals surface area contributed by atoms with Crippen LogP contribution in [0.4, 0.5) is 5.13 Å². The summed E-state index contributed by atoms with van der Waals surface area (Å²) >= 11 is 1.35. The van der Waals surface area contributed by atoms with Crippen LogP contribution in [0.3, 0.4) is 0 Å². The predicted molar refractivity (Wildman–Crippen MR) is 152 cm³/mol. The van der Waals surface area contributed by atoms with Gasteiger partial charge in [-0.1, -0.05) is 36.5 Å². The van der Waals surface area contributed by atoms with Crippen LogP contribution in [0.15, 0.2) is 66.2 Å². The summed E-state index contributed by atoms with van der Waals surface area (Å²) in [4.78, 5) is 33.3. The lowest BCUT2D eigenvalue weighted by molar-refractivity contribution is -0.132. The molecule has 3 aromatic carbocycles. The molecule has 0 saturated carbocycles. The maximum atomic E-state index is 13.6. The summed E-state index contributed by atoms with van der Waals surface area (Å²) in [6.45, 7) is 6.54. The Bertz CT molecular complexity index is 1660. The number of carbonyl (C=O) groups is 2. The summed E-state index contributed by atoms with van der Waals surface area (Å²) in [6.07, 6.45) is 1.58. The molecule has 8 heteroatoms. The number of carbonyl (C=O) groups excluding carboxylic acids is 2. The van der Waals surface area contributed by atoms with Crippen molar-refractivity contribution in [3.05, 3.63) is 88.5 Å². The Balaban J connectivity index is 1.52. The Morgan fingerprint density at radius 2 is 2.00 bits per heavy atom. The molecule has 3 heterocycles. The minimum atomic E-state index is -0.875. The Hall–Kier alpha value is -4.17. The van der Waals surface area contributed by atoms with Gasteiger partial charge in [0.05, 0.1) is 28.4 Å². The van der Waals surface area contributed by atoms with Crippen LogP contribution >= 0.6 is 11.3 Å². The van der Waals surface area contributed by atoms with Crippen molar-refractivity contribution < 1.29 is 24.2 Å². The summed E-state index contributed by atoms with van der Waals surface area (Å²) in [6, 6.07) is 17.7. The summed E-state index contributed by atoms with van der Waals surface area (Å²) in [5.41, 5.74) is 3.91. The number of anilines is 1. The van der Waals surface area contributed by atoms with Crippen molar-refractivity contribution in [3.63, 3.8) is 0 Å². The minimum Gasteiger partial charge on any atom is -0.507 e. The molecule has 2 atom stereocenters. The lowest BCUT2D eigenvalue weighted by Gasteiger charge is -2.23. The molecular weight excluding hydrogens is 512 g/mol. The van der Waals surface area contributed by atoms with Crippen LogP contribution in [0, 0.1) is 6.92 Å². The monoisotopic (exact) mass is 540 g/mol. The second-order valence-corrected chi connectivity index (χ2v) is 11.0. The molecule has 198 valence electrons. The number of Topliss-reactive ketones (excluding diaryl/α,β-unsaturated/α-hetero) is 1. The van der Waals surface area contributed by atoms with Gasteiger partial charge in [0.1, 0.15) is 23.4 Å². The van der Waals surface area contributed by atoms with E-state index < -0.39 is 17.7 Å². The molecule has 2 aliphatic heterocycles. The van der Waals surface area contributed by atoms with Gasteiger partial charge in [0, 0.05) is 12.0 Å². The number of aliphatic hydroxyl groups excluding tert-OH is 1. The fourth-order valence-corrected chi connectivity index (χ4v) is 6.28. The highest BCUT2D eigenvalue weighted by atomic mass is 32.1. The highest BCUT2D eigenvalue weighted by Crippen LogP contribution is 2.45. The van der Waals surface area contributed by atoms with Crippen LogP contribution in [-0.2, 0) is 16.0 Å². The first-order valence-electron chi connectivity index (χ1n) is 13.0. The van der Waals surface area contributed by atoms with Crippen molar-refractivity contribution in [1.82, 2.24) is 4.98 Å². The molecule has 0 aliphatic carbocycles. The van der Waals surface area contributed by atoms with E-state index in [0.717, 1.165) is 33.5 Å². The molecule has 6 rings (SSSR count). The molecular formula is C31H28N2O5S. The molecule has 4 aromatic rings. The zero-order chi connectivity index (χ0) is 27.3. The average Bonchev–Trinajstić information content (AvgIpc) is 3.59. The fourth-order valence-electron chi connectivity index (χ4n) is 5.19. The van der Waals surface area contributed by atoms with Crippen LogP contribution in [-0.4, -0.2) is 34.5 Å². The van der Waals surface area contributed by atoms with Crippen LogP contribution in [0.2, 0.25) is 0 Å². The van der Waals surface area contributed by atoms with Gasteiger partial charge in [0.15, 0.2) is 5.13 Å². The van der Waals surface area contributed by atoms with E-state index in [-0.39, 0.29) is 17.4 Å². The number of benzene rings is 3. The van der Waals surface area contributed by atoms with Gasteiger partial charge >= 0.3 is 5.91 Å². The van der Waals surface area contributed by atoms with Crippen molar-refractivity contribution >= 4 is 44.1 Å². The third kappa shape index (κ3) is 4.44.